The summed E-state index contributed by atoms with van der Waals surface area (Å²) in [4.78, 5) is 6.11. The van der Waals surface area contributed by atoms with Gasteiger partial charge in [0.05, 0.1) is 18.4 Å². The average Bonchev–Trinajstić information content (AvgIpc) is 2.82. The van der Waals surface area contributed by atoms with Gasteiger partial charge in [0.25, 0.3) is 0 Å². The number of rotatable bonds is 2. The van der Waals surface area contributed by atoms with Crippen molar-refractivity contribution in [2.24, 2.45) is 0 Å². The largest absolute Gasteiger partial charge is 0.496 e. The average molecular weight is 246 g/mol. The molecule has 0 atom stereocenters. The molecule has 1 aromatic heterocycles. The second-order valence-corrected chi connectivity index (χ2v) is 5.10. The number of nitrogens with zero attached hydrogens (tertiary/aromatic N) is 1. The van der Waals surface area contributed by atoms with E-state index in [0.29, 0.717) is 0 Å². The van der Waals surface area contributed by atoms with Crippen LogP contribution in [0, 0.1) is 0 Å². The van der Waals surface area contributed by atoms with Gasteiger partial charge in [-0.2, -0.15) is 0 Å². The Hall–Kier alpha value is -1.39. The molecule has 0 amide bonds. The highest BCUT2D eigenvalue weighted by molar-refractivity contribution is 7.15. The first-order valence-electron chi connectivity index (χ1n) is 5.71. The van der Waals surface area contributed by atoms with Gasteiger partial charge in [-0.25, -0.2) is 4.98 Å². The van der Waals surface area contributed by atoms with Crippen molar-refractivity contribution in [2.45, 2.75) is 13.0 Å². The lowest BCUT2D eigenvalue weighted by molar-refractivity contribution is 0.416. The Kier molecular flexibility index (Phi) is 2.82. The lowest BCUT2D eigenvalue weighted by Gasteiger charge is -2.09. The number of hydrogen-bond donors (Lipinski definition) is 1. The molecule has 3 nitrogen and oxygen atoms in total. The highest BCUT2D eigenvalue weighted by atomic mass is 32.1. The van der Waals surface area contributed by atoms with Crippen LogP contribution in [0.3, 0.4) is 0 Å². The molecular weight excluding hydrogens is 232 g/mol. The number of nitrogens with one attached hydrogen (secondary N) is 1. The van der Waals surface area contributed by atoms with Crippen molar-refractivity contribution in [1.29, 1.82) is 0 Å². The number of hydrogen-bond acceptors (Lipinski definition) is 4. The summed E-state index contributed by atoms with van der Waals surface area (Å²) in [6, 6.07) is 8.05. The zero-order valence-corrected chi connectivity index (χ0v) is 10.5. The summed E-state index contributed by atoms with van der Waals surface area (Å²) in [5.41, 5.74) is 2.29. The third-order valence-corrected chi connectivity index (χ3v) is 4.13. The summed E-state index contributed by atoms with van der Waals surface area (Å²) in [6.07, 6.45) is 1.09. The number of benzene rings is 1. The van der Waals surface area contributed by atoms with Crippen molar-refractivity contribution in [2.75, 3.05) is 13.7 Å². The third-order valence-electron chi connectivity index (χ3n) is 2.94. The van der Waals surface area contributed by atoms with E-state index >= 15 is 0 Å². The molecule has 0 saturated heterocycles. The standard InChI is InChI=1S/C13H14N2OS/c1-16-11-5-3-2-4-9(11)13-15-10-8-14-7-6-12(10)17-13/h2-5,14H,6-8H2,1H3. The van der Waals surface area contributed by atoms with E-state index in [9.17, 15) is 0 Å². The first-order valence-corrected chi connectivity index (χ1v) is 6.53. The lowest BCUT2D eigenvalue weighted by atomic mass is 10.2. The van der Waals surface area contributed by atoms with Crippen molar-refractivity contribution < 1.29 is 4.74 Å². The lowest BCUT2D eigenvalue weighted by Crippen LogP contribution is -2.22. The Labute approximate surface area is 104 Å². The SMILES string of the molecule is COc1ccccc1-c1nc2c(s1)CCNC2. The maximum Gasteiger partial charge on any atom is 0.129 e. The van der Waals surface area contributed by atoms with Crippen molar-refractivity contribution in [3.63, 3.8) is 0 Å². The number of thiazole rings is 1. The second-order valence-electron chi connectivity index (χ2n) is 4.02. The molecule has 1 N–H and O–H groups in total. The molecule has 3 rings (SSSR count). The number of aromatic nitrogens is 1. The topological polar surface area (TPSA) is 34.1 Å². The molecule has 1 aliphatic rings. The molecule has 88 valence electrons. The highest BCUT2D eigenvalue weighted by Crippen LogP contribution is 2.35. The molecule has 0 fully saturated rings. The van der Waals surface area contributed by atoms with Crippen molar-refractivity contribution in [3.05, 3.63) is 34.8 Å². The van der Waals surface area contributed by atoms with Crippen LogP contribution in [-0.4, -0.2) is 18.6 Å². The maximum atomic E-state index is 5.38. The summed E-state index contributed by atoms with van der Waals surface area (Å²) in [6.45, 7) is 1.95. The van der Waals surface area contributed by atoms with Crippen LogP contribution >= 0.6 is 11.3 Å². The molecule has 0 saturated carbocycles. The van der Waals surface area contributed by atoms with E-state index in [0.717, 1.165) is 35.8 Å². The minimum atomic E-state index is 0.890. The first-order chi connectivity index (χ1) is 8.38. The summed E-state index contributed by atoms with van der Waals surface area (Å²) < 4.78 is 5.38. The highest BCUT2D eigenvalue weighted by Gasteiger charge is 2.17. The third kappa shape index (κ3) is 1.94. The zero-order chi connectivity index (χ0) is 11.7. The Bertz CT molecular complexity index is 512. The molecule has 0 spiro atoms. The van der Waals surface area contributed by atoms with E-state index in [4.69, 9.17) is 9.72 Å². The Balaban J connectivity index is 2.06. The van der Waals surface area contributed by atoms with Crippen molar-refractivity contribution >= 4 is 11.3 Å². The minimum Gasteiger partial charge on any atom is -0.496 e. The Morgan fingerprint density at radius 3 is 3.06 bits per heavy atom. The van der Waals surface area contributed by atoms with Crippen LogP contribution < -0.4 is 10.1 Å². The van der Waals surface area contributed by atoms with Crippen LogP contribution in [0.25, 0.3) is 10.6 Å². The monoisotopic (exact) mass is 246 g/mol. The normalized spacial score (nSPS) is 14.4. The molecule has 2 heterocycles. The van der Waals surface area contributed by atoms with E-state index in [1.165, 1.54) is 10.6 Å². The molecule has 0 aliphatic carbocycles. The smallest absolute Gasteiger partial charge is 0.129 e. The summed E-state index contributed by atoms with van der Waals surface area (Å²) in [5.74, 6) is 0.895. The Morgan fingerprint density at radius 1 is 1.35 bits per heavy atom. The fraction of sp³-hybridized carbons (Fsp3) is 0.308. The number of ether oxygens (including phenoxy) is 1. The van der Waals surface area contributed by atoms with Crippen molar-refractivity contribution in [1.82, 2.24) is 10.3 Å². The molecule has 0 unspecified atom stereocenters. The maximum absolute atomic E-state index is 5.38. The van der Waals surface area contributed by atoms with Gasteiger partial charge in [-0.3, -0.25) is 0 Å². The predicted molar refractivity (Wildman–Crippen MR) is 69.5 cm³/mol. The number of fused-ring (bicyclic) bond motifs is 1. The van der Waals surface area contributed by atoms with Gasteiger partial charge in [0.2, 0.25) is 0 Å². The zero-order valence-electron chi connectivity index (χ0n) is 9.69. The molecular formula is C13H14N2OS. The molecule has 0 radical (unpaired) electrons. The van der Waals surface area contributed by atoms with E-state index in [1.54, 1.807) is 18.4 Å². The van der Waals surface area contributed by atoms with Gasteiger partial charge in [0.15, 0.2) is 0 Å². The number of para-hydroxylation sites is 1. The van der Waals surface area contributed by atoms with Crippen LogP contribution in [0.5, 0.6) is 5.75 Å². The number of methoxy groups -OCH3 is 1. The molecule has 1 aromatic carbocycles. The Morgan fingerprint density at radius 2 is 2.24 bits per heavy atom. The van der Waals surface area contributed by atoms with E-state index in [-0.39, 0.29) is 0 Å². The second kappa shape index (κ2) is 4.47. The van der Waals surface area contributed by atoms with Gasteiger partial charge in [0, 0.05) is 18.0 Å². The van der Waals surface area contributed by atoms with E-state index < -0.39 is 0 Å². The summed E-state index contributed by atoms with van der Waals surface area (Å²) >= 11 is 1.79. The summed E-state index contributed by atoms with van der Waals surface area (Å²) in [5, 5.41) is 4.41. The first kappa shape index (κ1) is 10.7. The summed E-state index contributed by atoms with van der Waals surface area (Å²) in [7, 11) is 1.70. The quantitative estimate of drug-likeness (QED) is 0.884. The van der Waals surface area contributed by atoms with E-state index in [2.05, 4.69) is 11.4 Å². The van der Waals surface area contributed by atoms with Crippen molar-refractivity contribution in [3.8, 4) is 16.3 Å². The van der Waals surface area contributed by atoms with Gasteiger partial charge >= 0.3 is 0 Å². The molecule has 0 bridgehead atoms. The van der Waals surface area contributed by atoms with Gasteiger partial charge in [-0.15, -0.1) is 11.3 Å². The van der Waals surface area contributed by atoms with E-state index in [1.807, 2.05) is 18.2 Å². The predicted octanol–water partition coefficient (Wildman–Crippen LogP) is 2.46. The molecule has 2 aromatic rings. The van der Waals surface area contributed by atoms with Gasteiger partial charge < -0.3 is 10.1 Å². The van der Waals surface area contributed by atoms with Crippen LogP contribution in [0.4, 0.5) is 0 Å². The van der Waals surface area contributed by atoms with Crippen LogP contribution in [0.1, 0.15) is 10.6 Å². The van der Waals surface area contributed by atoms with Gasteiger partial charge in [-0.05, 0) is 18.6 Å². The van der Waals surface area contributed by atoms with Crippen LogP contribution in [0.2, 0.25) is 0 Å². The minimum absolute atomic E-state index is 0.890. The fourth-order valence-electron chi connectivity index (χ4n) is 2.06. The van der Waals surface area contributed by atoms with Crippen LogP contribution in [0.15, 0.2) is 24.3 Å². The van der Waals surface area contributed by atoms with Crippen LogP contribution in [-0.2, 0) is 13.0 Å². The molecule has 17 heavy (non-hydrogen) atoms. The molecule has 1 aliphatic heterocycles. The molecule has 4 heteroatoms. The fourth-order valence-corrected chi connectivity index (χ4v) is 3.17. The van der Waals surface area contributed by atoms with Gasteiger partial charge in [0.1, 0.15) is 10.8 Å². The van der Waals surface area contributed by atoms with Gasteiger partial charge in [-0.1, -0.05) is 12.1 Å².